The van der Waals surface area contributed by atoms with Gasteiger partial charge in [0.2, 0.25) is 15.9 Å². The third-order valence-electron chi connectivity index (χ3n) is 4.27. The van der Waals surface area contributed by atoms with Gasteiger partial charge < -0.3 is 5.32 Å². The van der Waals surface area contributed by atoms with E-state index in [0.29, 0.717) is 12.8 Å². The summed E-state index contributed by atoms with van der Waals surface area (Å²) in [6.45, 7) is 7.61. The Morgan fingerprint density at radius 2 is 1.74 bits per heavy atom. The largest absolute Gasteiger partial charge is 0.326 e. The molecule has 0 atom stereocenters. The zero-order valence-corrected chi connectivity index (χ0v) is 17.2. The lowest BCUT2D eigenvalue weighted by molar-refractivity contribution is -0.116. The lowest BCUT2D eigenvalue weighted by Gasteiger charge is -2.13. The Labute approximate surface area is 162 Å². The number of hydrogen-bond donors (Lipinski definition) is 2. The topological polar surface area (TPSA) is 75.3 Å². The van der Waals surface area contributed by atoms with Crippen molar-refractivity contribution >= 4 is 21.6 Å². The highest BCUT2D eigenvalue weighted by Gasteiger charge is 2.15. The Morgan fingerprint density at radius 3 is 2.33 bits per heavy atom. The minimum atomic E-state index is -3.49. The van der Waals surface area contributed by atoms with E-state index in [1.54, 1.807) is 38.1 Å². The summed E-state index contributed by atoms with van der Waals surface area (Å²) in [6, 6.07) is 12.5. The van der Waals surface area contributed by atoms with Gasteiger partial charge in [-0.05, 0) is 62.4 Å². The van der Waals surface area contributed by atoms with E-state index >= 15 is 0 Å². The van der Waals surface area contributed by atoms with Gasteiger partial charge >= 0.3 is 0 Å². The van der Waals surface area contributed by atoms with Crippen molar-refractivity contribution in [2.75, 3.05) is 5.32 Å². The second-order valence-electron chi connectivity index (χ2n) is 6.93. The molecule has 27 heavy (non-hydrogen) atoms. The van der Waals surface area contributed by atoms with Crippen LogP contribution < -0.4 is 10.0 Å². The van der Waals surface area contributed by atoms with Crippen LogP contribution in [0.3, 0.4) is 0 Å². The maximum Gasteiger partial charge on any atom is 0.240 e. The average molecular weight is 389 g/mol. The Morgan fingerprint density at radius 1 is 1.07 bits per heavy atom. The number of aryl methyl sites for hydroxylation is 3. The fourth-order valence-corrected chi connectivity index (χ4v) is 4.13. The summed E-state index contributed by atoms with van der Waals surface area (Å²) in [5.74, 6) is -0.0443. The molecule has 2 N–H and O–H groups in total. The molecule has 2 aromatic carbocycles. The molecule has 0 spiro atoms. The van der Waals surface area contributed by atoms with E-state index < -0.39 is 10.0 Å². The van der Waals surface area contributed by atoms with E-state index in [1.165, 1.54) is 0 Å². The maximum absolute atomic E-state index is 12.3. The van der Waals surface area contributed by atoms with Gasteiger partial charge in [0, 0.05) is 18.2 Å². The summed E-state index contributed by atoms with van der Waals surface area (Å²) < 4.78 is 26.8. The molecule has 2 rings (SSSR count). The van der Waals surface area contributed by atoms with Crippen molar-refractivity contribution in [3.05, 3.63) is 59.2 Å². The second kappa shape index (κ2) is 9.15. The van der Waals surface area contributed by atoms with Crippen molar-refractivity contribution in [3.8, 4) is 0 Å². The molecule has 6 heteroatoms. The molecule has 146 valence electrons. The number of para-hydroxylation sites is 1. The highest BCUT2D eigenvalue weighted by Crippen LogP contribution is 2.21. The van der Waals surface area contributed by atoms with Gasteiger partial charge in [0.1, 0.15) is 0 Å². The molecule has 0 aliphatic rings. The molecule has 0 heterocycles. The molecule has 2 aromatic rings. The van der Waals surface area contributed by atoms with Gasteiger partial charge in [-0.3, -0.25) is 4.79 Å². The number of amides is 1. The lowest BCUT2D eigenvalue weighted by atomic mass is 10.1. The number of sulfonamides is 1. The van der Waals surface area contributed by atoms with Crippen molar-refractivity contribution in [1.29, 1.82) is 0 Å². The molecule has 0 aliphatic heterocycles. The van der Waals surface area contributed by atoms with Gasteiger partial charge in [-0.15, -0.1) is 0 Å². The van der Waals surface area contributed by atoms with E-state index in [-0.39, 0.29) is 16.8 Å². The molecule has 5 nitrogen and oxygen atoms in total. The van der Waals surface area contributed by atoms with Crippen LogP contribution in [0.2, 0.25) is 0 Å². The minimum Gasteiger partial charge on any atom is -0.326 e. The van der Waals surface area contributed by atoms with Gasteiger partial charge in [-0.1, -0.05) is 37.3 Å². The average Bonchev–Trinajstić information content (AvgIpc) is 2.61. The zero-order chi connectivity index (χ0) is 20.0. The smallest absolute Gasteiger partial charge is 0.240 e. The Kier molecular flexibility index (Phi) is 7.16. The first kappa shape index (κ1) is 21.1. The fourth-order valence-electron chi connectivity index (χ4n) is 2.88. The highest BCUT2D eigenvalue weighted by molar-refractivity contribution is 7.89. The molecular formula is C21H28N2O3S. The molecule has 0 bridgehead atoms. The number of benzene rings is 2. The van der Waals surface area contributed by atoms with E-state index in [1.807, 2.05) is 25.1 Å². The molecular weight excluding hydrogens is 360 g/mol. The van der Waals surface area contributed by atoms with Gasteiger partial charge in [-0.25, -0.2) is 13.1 Å². The predicted octanol–water partition coefficient (Wildman–Crippen LogP) is 3.82. The van der Waals surface area contributed by atoms with E-state index in [9.17, 15) is 13.2 Å². The molecule has 0 radical (unpaired) electrons. The molecule has 0 saturated carbocycles. The van der Waals surface area contributed by atoms with Crippen LogP contribution >= 0.6 is 0 Å². The highest BCUT2D eigenvalue weighted by atomic mass is 32.2. The zero-order valence-electron chi connectivity index (χ0n) is 16.4. The van der Waals surface area contributed by atoms with Crippen LogP contribution in [-0.4, -0.2) is 20.4 Å². The Balaban J connectivity index is 1.98. The quantitative estimate of drug-likeness (QED) is 0.722. The summed E-state index contributed by atoms with van der Waals surface area (Å²) in [4.78, 5) is 12.6. The number of nitrogens with one attached hydrogen (secondary N) is 2. The number of carbonyl (C=O) groups is 1. The van der Waals surface area contributed by atoms with E-state index in [0.717, 1.165) is 28.8 Å². The first-order valence-electron chi connectivity index (χ1n) is 9.22. The third-order valence-corrected chi connectivity index (χ3v) is 5.94. The van der Waals surface area contributed by atoms with Gasteiger partial charge in [0.25, 0.3) is 0 Å². The predicted molar refractivity (Wildman–Crippen MR) is 109 cm³/mol. The molecule has 1 amide bonds. The van der Waals surface area contributed by atoms with Crippen LogP contribution in [0.25, 0.3) is 0 Å². The molecule has 0 unspecified atom stereocenters. The summed E-state index contributed by atoms with van der Waals surface area (Å²) in [7, 11) is -3.49. The minimum absolute atomic E-state index is 0.0443. The van der Waals surface area contributed by atoms with Crippen molar-refractivity contribution in [3.63, 3.8) is 0 Å². The van der Waals surface area contributed by atoms with Crippen molar-refractivity contribution < 1.29 is 13.2 Å². The number of carbonyl (C=O) groups excluding carboxylic acids is 1. The fraction of sp³-hybridized carbons (Fsp3) is 0.381. The molecule has 0 saturated heterocycles. The van der Waals surface area contributed by atoms with E-state index in [2.05, 4.69) is 17.0 Å². The second-order valence-corrected chi connectivity index (χ2v) is 8.64. The van der Waals surface area contributed by atoms with Gasteiger partial charge in [0.05, 0.1) is 4.90 Å². The van der Waals surface area contributed by atoms with Crippen LogP contribution in [0.15, 0.2) is 47.4 Å². The van der Waals surface area contributed by atoms with Crippen LogP contribution in [0.5, 0.6) is 0 Å². The Hall–Kier alpha value is -2.18. The molecule has 0 fully saturated rings. The van der Waals surface area contributed by atoms with Gasteiger partial charge in [0.15, 0.2) is 0 Å². The normalized spacial score (nSPS) is 11.6. The number of rotatable bonds is 8. The summed E-state index contributed by atoms with van der Waals surface area (Å²) in [5.41, 5.74) is 3.99. The third kappa shape index (κ3) is 5.91. The van der Waals surface area contributed by atoms with Crippen molar-refractivity contribution in [2.24, 2.45) is 0 Å². The standard InChI is InChI=1S/C21H28N2O3S/c1-5-18-8-6-7-16(4)21(18)22-20(24)14-11-17-9-12-19(13-10-17)27(25,26)23-15(2)3/h6-10,12-13,15,23H,5,11,14H2,1-4H3,(H,22,24). The number of hydrogen-bond acceptors (Lipinski definition) is 3. The maximum atomic E-state index is 12.3. The SMILES string of the molecule is CCc1cccc(C)c1NC(=O)CCc1ccc(S(=O)(=O)NC(C)C)cc1. The summed E-state index contributed by atoms with van der Waals surface area (Å²) in [6.07, 6.45) is 1.75. The number of anilines is 1. The van der Waals surface area contributed by atoms with Crippen molar-refractivity contribution in [2.45, 2.75) is 57.9 Å². The lowest BCUT2D eigenvalue weighted by Crippen LogP contribution is -2.30. The molecule has 0 aromatic heterocycles. The van der Waals surface area contributed by atoms with Crippen LogP contribution in [0.4, 0.5) is 5.69 Å². The summed E-state index contributed by atoms with van der Waals surface area (Å²) in [5, 5.41) is 3.01. The van der Waals surface area contributed by atoms with Crippen LogP contribution in [-0.2, 0) is 27.7 Å². The van der Waals surface area contributed by atoms with Crippen LogP contribution in [0, 0.1) is 6.92 Å². The monoisotopic (exact) mass is 388 g/mol. The van der Waals surface area contributed by atoms with E-state index in [4.69, 9.17) is 0 Å². The first-order chi connectivity index (χ1) is 12.7. The summed E-state index contributed by atoms with van der Waals surface area (Å²) >= 11 is 0. The van der Waals surface area contributed by atoms with Crippen LogP contribution in [0.1, 0.15) is 43.9 Å². The van der Waals surface area contributed by atoms with Crippen molar-refractivity contribution in [1.82, 2.24) is 4.72 Å². The first-order valence-corrected chi connectivity index (χ1v) is 10.7. The molecule has 0 aliphatic carbocycles. The van der Waals surface area contributed by atoms with Gasteiger partial charge in [-0.2, -0.15) is 0 Å². The Bertz CT molecular complexity index is 888.